The predicted molar refractivity (Wildman–Crippen MR) is 58.3 cm³/mol. The molecule has 0 radical (unpaired) electrons. The van der Waals surface area contributed by atoms with E-state index in [1.807, 2.05) is 0 Å². The highest BCUT2D eigenvalue weighted by molar-refractivity contribution is 5.26. The van der Waals surface area contributed by atoms with Crippen molar-refractivity contribution in [1.82, 2.24) is 4.90 Å². The predicted octanol–water partition coefficient (Wildman–Crippen LogP) is 1.98. The van der Waals surface area contributed by atoms with Crippen molar-refractivity contribution in [2.24, 2.45) is 0 Å². The van der Waals surface area contributed by atoms with Gasteiger partial charge in [-0.3, -0.25) is 0 Å². The van der Waals surface area contributed by atoms with Gasteiger partial charge in [0.1, 0.15) is 0 Å². The minimum atomic E-state index is 0.252. The Morgan fingerprint density at radius 2 is 2.07 bits per heavy atom. The van der Waals surface area contributed by atoms with Crippen LogP contribution in [0.4, 0.5) is 0 Å². The third kappa shape index (κ3) is 2.07. The second-order valence-corrected chi connectivity index (χ2v) is 4.50. The summed E-state index contributed by atoms with van der Waals surface area (Å²) >= 11 is 0. The van der Waals surface area contributed by atoms with E-state index in [-0.39, 0.29) is 6.10 Å². The highest BCUT2D eigenvalue weighted by Gasteiger charge is 2.32. The second kappa shape index (κ2) is 3.87. The highest BCUT2D eigenvalue weighted by Crippen LogP contribution is 2.29. The largest absolute Gasteiger partial charge is 0.369 e. The molecule has 0 spiro atoms. The van der Waals surface area contributed by atoms with Gasteiger partial charge in [-0.2, -0.15) is 0 Å². The van der Waals surface area contributed by atoms with Crippen LogP contribution in [0.3, 0.4) is 0 Å². The fraction of sp³-hybridized carbons (Fsp3) is 0.667. The van der Waals surface area contributed by atoms with E-state index in [1.54, 1.807) is 0 Å². The van der Waals surface area contributed by atoms with Gasteiger partial charge in [0.05, 0.1) is 18.2 Å². The van der Waals surface area contributed by atoms with E-state index < -0.39 is 0 Å². The van der Waals surface area contributed by atoms with Crippen LogP contribution in [0.5, 0.6) is 0 Å². The average molecular weight is 193 g/mol. The molecule has 2 atom stereocenters. The quantitative estimate of drug-likeness (QED) is 0.679. The lowest BCUT2D eigenvalue weighted by Gasteiger charge is -2.33. The topological polar surface area (TPSA) is 12.5 Å². The van der Waals surface area contributed by atoms with Crippen LogP contribution in [0.25, 0.3) is 0 Å². The first-order valence-corrected chi connectivity index (χ1v) is 5.35. The molecule has 1 saturated carbocycles. The molecule has 14 heavy (non-hydrogen) atoms. The maximum atomic E-state index is 5.98. The molecule has 0 amide bonds. The molecule has 2 aliphatic carbocycles. The van der Waals surface area contributed by atoms with Crippen LogP contribution in [0.1, 0.15) is 19.8 Å². The van der Waals surface area contributed by atoms with Crippen molar-refractivity contribution in [2.45, 2.75) is 38.0 Å². The summed E-state index contributed by atoms with van der Waals surface area (Å²) in [6.07, 6.45) is 9.73. The Hall–Kier alpha value is -0.600. The summed E-state index contributed by atoms with van der Waals surface area (Å²) in [5, 5.41) is 0. The number of likely N-dealkylation sites (N-methyl/N-ethyl adjacent to an activating group) is 1. The van der Waals surface area contributed by atoms with Gasteiger partial charge in [0, 0.05) is 0 Å². The van der Waals surface area contributed by atoms with Crippen LogP contribution in [0.2, 0.25) is 0 Å². The Morgan fingerprint density at radius 1 is 1.36 bits per heavy atom. The molecule has 1 fully saturated rings. The van der Waals surface area contributed by atoms with E-state index in [4.69, 9.17) is 4.74 Å². The van der Waals surface area contributed by atoms with Crippen molar-refractivity contribution >= 4 is 0 Å². The Kier molecular flexibility index (Phi) is 2.75. The Bertz CT molecular complexity index is 263. The zero-order valence-corrected chi connectivity index (χ0v) is 9.23. The summed E-state index contributed by atoms with van der Waals surface area (Å²) < 4.78 is 5.98. The maximum absolute atomic E-state index is 5.98. The molecule has 2 nitrogen and oxygen atoms in total. The van der Waals surface area contributed by atoms with Crippen LogP contribution in [-0.2, 0) is 4.74 Å². The molecule has 0 aromatic heterocycles. The molecule has 0 aromatic rings. The van der Waals surface area contributed by atoms with Gasteiger partial charge in [-0.25, -0.2) is 0 Å². The second-order valence-electron chi connectivity index (χ2n) is 4.50. The lowest BCUT2D eigenvalue weighted by Crippen LogP contribution is -2.41. The molecule has 0 heterocycles. The van der Waals surface area contributed by atoms with Crippen LogP contribution in [0.15, 0.2) is 23.8 Å². The average Bonchev–Trinajstić information content (AvgIpc) is 2.87. The van der Waals surface area contributed by atoms with Gasteiger partial charge in [-0.15, -0.1) is 0 Å². The van der Waals surface area contributed by atoms with E-state index in [0.29, 0.717) is 12.1 Å². The smallest absolute Gasteiger partial charge is 0.0955 e. The first kappa shape index (κ1) is 9.94. The first-order chi connectivity index (χ1) is 6.68. The van der Waals surface area contributed by atoms with Crippen molar-refractivity contribution in [3.8, 4) is 0 Å². The fourth-order valence-corrected chi connectivity index (χ4v) is 2.03. The molecule has 0 saturated heterocycles. The molecule has 2 rings (SSSR count). The van der Waals surface area contributed by atoms with Gasteiger partial charge in [-0.05, 0) is 33.9 Å². The third-order valence-corrected chi connectivity index (χ3v) is 2.87. The van der Waals surface area contributed by atoms with E-state index in [9.17, 15) is 0 Å². The molecular formula is C12H19NO. The fourth-order valence-electron chi connectivity index (χ4n) is 2.03. The third-order valence-electron chi connectivity index (χ3n) is 2.87. The van der Waals surface area contributed by atoms with Gasteiger partial charge in [-0.1, -0.05) is 23.8 Å². The van der Waals surface area contributed by atoms with Gasteiger partial charge < -0.3 is 9.64 Å². The van der Waals surface area contributed by atoms with Crippen molar-refractivity contribution in [3.63, 3.8) is 0 Å². The van der Waals surface area contributed by atoms with Gasteiger partial charge in [0.15, 0.2) is 0 Å². The minimum absolute atomic E-state index is 0.252. The maximum Gasteiger partial charge on any atom is 0.0955 e. The number of rotatable bonds is 3. The zero-order chi connectivity index (χ0) is 10.1. The van der Waals surface area contributed by atoms with Crippen LogP contribution in [0, 0.1) is 0 Å². The molecule has 2 unspecified atom stereocenters. The summed E-state index contributed by atoms with van der Waals surface area (Å²) in [5.74, 6) is 0. The standard InChI is InChI=1S/C12H19NO/c1-9-5-4-6-11(12(9)13(2)3)14-10-7-8-10/h4-6,10-12H,7-8H2,1-3H3. The van der Waals surface area contributed by atoms with Crippen LogP contribution >= 0.6 is 0 Å². The van der Waals surface area contributed by atoms with Crippen LogP contribution in [-0.4, -0.2) is 37.2 Å². The van der Waals surface area contributed by atoms with Gasteiger partial charge in [0.2, 0.25) is 0 Å². The number of nitrogens with zero attached hydrogens (tertiary/aromatic N) is 1. The Balaban J connectivity index is 2.05. The monoisotopic (exact) mass is 193 g/mol. The van der Waals surface area contributed by atoms with E-state index in [1.165, 1.54) is 18.4 Å². The molecule has 0 bridgehead atoms. The van der Waals surface area contributed by atoms with Crippen molar-refractivity contribution in [3.05, 3.63) is 23.8 Å². The molecule has 2 heteroatoms. The first-order valence-electron chi connectivity index (χ1n) is 5.35. The van der Waals surface area contributed by atoms with Crippen molar-refractivity contribution in [1.29, 1.82) is 0 Å². The Labute approximate surface area is 86.2 Å². The lowest BCUT2D eigenvalue weighted by atomic mass is 9.96. The normalized spacial score (nSPS) is 32.1. The molecule has 0 N–H and O–H groups in total. The number of hydrogen-bond acceptors (Lipinski definition) is 2. The number of ether oxygens (including phenoxy) is 1. The minimum Gasteiger partial charge on any atom is -0.369 e. The van der Waals surface area contributed by atoms with Crippen LogP contribution < -0.4 is 0 Å². The van der Waals surface area contributed by atoms with E-state index in [2.05, 4.69) is 44.1 Å². The highest BCUT2D eigenvalue weighted by atomic mass is 16.5. The van der Waals surface area contributed by atoms with E-state index >= 15 is 0 Å². The summed E-state index contributed by atoms with van der Waals surface area (Å²) in [5.41, 5.74) is 1.39. The molecule has 0 aliphatic heterocycles. The van der Waals surface area contributed by atoms with Gasteiger partial charge >= 0.3 is 0 Å². The summed E-state index contributed by atoms with van der Waals surface area (Å²) in [4.78, 5) is 2.24. The molecule has 2 aliphatic rings. The van der Waals surface area contributed by atoms with Gasteiger partial charge in [0.25, 0.3) is 0 Å². The molecular weight excluding hydrogens is 174 g/mol. The van der Waals surface area contributed by atoms with Crippen molar-refractivity contribution in [2.75, 3.05) is 14.1 Å². The van der Waals surface area contributed by atoms with E-state index in [0.717, 1.165) is 0 Å². The zero-order valence-electron chi connectivity index (χ0n) is 9.23. The molecule has 78 valence electrons. The SMILES string of the molecule is CC1=CC=CC(OC2CC2)C1N(C)C. The number of allylic oxidation sites excluding steroid dienone is 2. The number of hydrogen-bond donors (Lipinski definition) is 0. The van der Waals surface area contributed by atoms with Crippen molar-refractivity contribution < 1.29 is 4.74 Å². The summed E-state index contributed by atoms with van der Waals surface area (Å²) in [6.45, 7) is 2.18. The Morgan fingerprint density at radius 3 is 2.64 bits per heavy atom. The lowest BCUT2D eigenvalue weighted by molar-refractivity contribution is 0.0281. The molecule has 0 aromatic carbocycles. The summed E-state index contributed by atoms with van der Waals surface area (Å²) in [6, 6.07) is 0.417. The summed E-state index contributed by atoms with van der Waals surface area (Å²) in [7, 11) is 4.23.